The van der Waals surface area contributed by atoms with Crippen LogP contribution in [-0.4, -0.2) is 4.98 Å². The van der Waals surface area contributed by atoms with Crippen molar-refractivity contribution in [1.82, 2.24) is 4.98 Å². The maximum Gasteiger partial charge on any atom is 0.389 e. The lowest BCUT2D eigenvalue weighted by molar-refractivity contribution is -0.663. The second kappa shape index (κ2) is 6.83. The number of hydrogen-bond donors (Lipinski definition) is 1. The van der Waals surface area contributed by atoms with E-state index in [0.717, 1.165) is 10.3 Å². The molecule has 0 amide bonds. The number of anilines is 1. The molecule has 0 atom stereocenters. The molecule has 3 nitrogen and oxygen atoms in total. The zero-order valence-corrected chi connectivity index (χ0v) is 12.0. The van der Waals surface area contributed by atoms with Crippen molar-refractivity contribution >= 4 is 33.6 Å². The SMILES string of the molecule is Nc1nccc[n+]1CSc1ccccc1Br.[Cl-]. The molecule has 0 saturated heterocycles. The van der Waals surface area contributed by atoms with Gasteiger partial charge in [-0.25, -0.2) is 4.57 Å². The smallest absolute Gasteiger partial charge is 0.389 e. The van der Waals surface area contributed by atoms with Gasteiger partial charge in [0.15, 0.2) is 0 Å². The van der Waals surface area contributed by atoms with E-state index in [1.54, 1.807) is 18.0 Å². The Bertz CT molecular complexity index is 450. The van der Waals surface area contributed by atoms with E-state index in [2.05, 4.69) is 27.0 Å². The average molecular weight is 333 g/mol. The van der Waals surface area contributed by atoms with Gasteiger partial charge in [0.05, 0.1) is 6.20 Å². The average Bonchev–Trinajstić information content (AvgIpc) is 2.30. The van der Waals surface area contributed by atoms with Crippen molar-refractivity contribution < 1.29 is 17.0 Å². The van der Waals surface area contributed by atoms with Crippen LogP contribution in [0.2, 0.25) is 0 Å². The molecule has 1 heterocycles. The highest BCUT2D eigenvalue weighted by molar-refractivity contribution is 9.10. The molecule has 2 aromatic rings. The zero-order chi connectivity index (χ0) is 11.4. The van der Waals surface area contributed by atoms with Crippen LogP contribution in [0.25, 0.3) is 0 Å². The first-order chi connectivity index (χ1) is 7.77. The molecular weight excluding hydrogens is 322 g/mol. The molecule has 0 unspecified atom stereocenters. The molecular formula is C11H11BrClN3S. The predicted octanol–water partition coefficient (Wildman–Crippen LogP) is -0.532. The van der Waals surface area contributed by atoms with Gasteiger partial charge in [0, 0.05) is 15.4 Å². The molecule has 0 saturated carbocycles. The van der Waals surface area contributed by atoms with Gasteiger partial charge >= 0.3 is 5.95 Å². The molecule has 0 spiro atoms. The quantitative estimate of drug-likeness (QED) is 0.607. The van der Waals surface area contributed by atoms with Gasteiger partial charge < -0.3 is 12.4 Å². The third kappa shape index (κ3) is 3.87. The molecule has 0 fully saturated rings. The van der Waals surface area contributed by atoms with Crippen molar-refractivity contribution in [1.29, 1.82) is 0 Å². The molecule has 2 N–H and O–H groups in total. The summed E-state index contributed by atoms with van der Waals surface area (Å²) in [6.07, 6.45) is 3.61. The van der Waals surface area contributed by atoms with E-state index in [-0.39, 0.29) is 12.4 Å². The lowest BCUT2D eigenvalue weighted by Crippen LogP contribution is -3.00. The van der Waals surface area contributed by atoms with Crippen molar-refractivity contribution in [3.05, 3.63) is 47.2 Å². The Kier molecular flexibility index (Phi) is 5.74. The number of aromatic nitrogens is 2. The number of benzene rings is 1. The van der Waals surface area contributed by atoms with Crippen LogP contribution in [0, 0.1) is 0 Å². The van der Waals surface area contributed by atoms with Crippen molar-refractivity contribution in [2.75, 3.05) is 5.73 Å². The van der Waals surface area contributed by atoms with E-state index in [0.29, 0.717) is 5.95 Å². The van der Waals surface area contributed by atoms with Gasteiger partial charge in [-0.05, 0) is 28.1 Å². The molecule has 17 heavy (non-hydrogen) atoms. The summed E-state index contributed by atoms with van der Waals surface area (Å²) in [4.78, 5) is 5.22. The summed E-state index contributed by atoms with van der Waals surface area (Å²) in [7, 11) is 0. The van der Waals surface area contributed by atoms with Crippen LogP contribution in [0.3, 0.4) is 0 Å². The molecule has 2 rings (SSSR count). The highest BCUT2D eigenvalue weighted by atomic mass is 79.9. The maximum atomic E-state index is 5.75. The number of hydrogen-bond acceptors (Lipinski definition) is 3. The minimum atomic E-state index is 0. The molecule has 1 aromatic carbocycles. The fourth-order valence-corrected chi connectivity index (χ4v) is 2.73. The van der Waals surface area contributed by atoms with Gasteiger partial charge in [-0.1, -0.05) is 28.9 Å². The Morgan fingerprint density at radius 2 is 2.06 bits per heavy atom. The highest BCUT2D eigenvalue weighted by Gasteiger charge is 2.05. The minimum Gasteiger partial charge on any atom is -1.00 e. The lowest BCUT2D eigenvalue weighted by atomic mass is 10.4. The van der Waals surface area contributed by atoms with Crippen molar-refractivity contribution in [2.45, 2.75) is 10.8 Å². The zero-order valence-electron chi connectivity index (χ0n) is 8.88. The fraction of sp³-hybridized carbons (Fsp3) is 0.0909. The number of nitrogens with zero attached hydrogens (tertiary/aromatic N) is 2. The van der Waals surface area contributed by atoms with Crippen LogP contribution < -0.4 is 22.7 Å². The molecule has 0 aliphatic heterocycles. The summed E-state index contributed by atoms with van der Waals surface area (Å²) in [5.74, 6) is 1.28. The molecule has 0 aliphatic carbocycles. The summed E-state index contributed by atoms with van der Waals surface area (Å²) >= 11 is 5.22. The lowest BCUT2D eigenvalue weighted by Gasteiger charge is -2.04. The molecule has 1 aromatic heterocycles. The van der Waals surface area contributed by atoms with Crippen LogP contribution in [-0.2, 0) is 5.88 Å². The van der Waals surface area contributed by atoms with Crippen LogP contribution >= 0.6 is 27.7 Å². The van der Waals surface area contributed by atoms with E-state index >= 15 is 0 Å². The molecule has 0 bridgehead atoms. The molecule has 6 heteroatoms. The Hall–Kier alpha value is -0.780. The van der Waals surface area contributed by atoms with Gasteiger partial charge in [-0.2, -0.15) is 0 Å². The Morgan fingerprint density at radius 3 is 2.76 bits per heavy atom. The number of nitrogens with two attached hydrogens (primary N) is 1. The number of thioether (sulfide) groups is 1. The Morgan fingerprint density at radius 1 is 1.29 bits per heavy atom. The Balaban J connectivity index is 0.00000144. The van der Waals surface area contributed by atoms with Gasteiger partial charge in [0.25, 0.3) is 0 Å². The van der Waals surface area contributed by atoms with Gasteiger partial charge in [0.1, 0.15) is 12.1 Å². The fourth-order valence-electron chi connectivity index (χ4n) is 1.22. The normalized spacial score (nSPS) is 9.71. The second-order valence-electron chi connectivity index (χ2n) is 3.15. The van der Waals surface area contributed by atoms with Gasteiger partial charge in [-0.3, -0.25) is 5.73 Å². The van der Waals surface area contributed by atoms with E-state index < -0.39 is 0 Å². The minimum absolute atomic E-state index is 0. The molecule has 90 valence electrons. The van der Waals surface area contributed by atoms with E-state index in [4.69, 9.17) is 5.73 Å². The third-order valence-corrected chi connectivity index (χ3v) is 4.08. The van der Waals surface area contributed by atoms with E-state index in [9.17, 15) is 0 Å². The summed E-state index contributed by atoms with van der Waals surface area (Å²) in [6, 6.07) is 9.99. The maximum absolute atomic E-state index is 5.75. The first-order valence-electron chi connectivity index (χ1n) is 4.74. The van der Waals surface area contributed by atoms with E-state index in [1.165, 1.54) is 4.90 Å². The predicted molar refractivity (Wildman–Crippen MR) is 68.8 cm³/mol. The first kappa shape index (κ1) is 14.3. The standard InChI is InChI=1S/C11H10BrN3S.ClH/c12-9-4-1-2-5-10(9)16-8-15-7-3-6-14-11(15)13;/h1-7,13H,8H2;1H. The molecule has 0 radical (unpaired) electrons. The van der Waals surface area contributed by atoms with Crippen LogP contribution in [0.4, 0.5) is 5.95 Å². The first-order valence-corrected chi connectivity index (χ1v) is 6.52. The van der Waals surface area contributed by atoms with Gasteiger partial charge in [-0.15, -0.1) is 0 Å². The van der Waals surface area contributed by atoms with Crippen LogP contribution in [0.5, 0.6) is 0 Å². The van der Waals surface area contributed by atoms with Crippen LogP contribution in [0.15, 0.2) is 52.1 Å². The van der Waals surface area contributed by atoms with Crippen molar-refractivity contribution in [2.24, 2.45) is 0 Å². The summed E-state index contributed by atoms with van der Waals surface area (Å²) < 4.78 is 3.01. The second-order valence-corrected chi connectivity index (χ2v) is 4.99. The monoisotopic (exact) mass is 331 g/mol. The summed E-state index contributed by atoms with van der Waals surface area (Å²) in [5, 5.41) is 0. The Labute approximate surface area is 119 Å². The molecule has 0 aliphatic rings. The summed E-state index contributed by atoms with van der Waals surface area (Å²) in [5.41, 5.74) is 5.75. The van der Waals surface area contributed by atoms with E-state index in [1.807, 2.05) is 35.0 Å². The summed E-state index contributed by atoms with van der Waals surface area (Å²) in [6.45, 7) is 0. The van der Waals surface area contributed by atoms with Gasteiger partial charge in [0.2, 0.25) is 0 Å². The topological polar surface area (TPSA) is 42.8 Å². The van der Waals surface area contributed by atoms with Crippen LogP contribution in [0.1, 0.15) is 0 Å². The number of nitrogen functional groups attached to an aromatic ring is 1. The van der Waals surface area contributed by atoms with Crippen molar-refractivity contribution in [3.8, 4) is 0 Å². The third-order valence-electron chi connectivity index (χ3n) is 2.05. The number of rotatable bonds is 3. The number of halogens is 2. The van der Waals surface area contributed by atoms with Crippen molar-refractivity contribution in [3.63, 3.8) is 0 Å². The highest BCUT2D eigenvalue weighted by Crippen LogP contribution is 2.26. The largest absolute Gasteiger partial charge is 1.00 e.